The molecule has 0 aliphatic rings. The lowest BCUT2D eigenvalue weighted by molar-refractivity contribution is 0.832. The van der Waals surface area contributed by atoms with Crippen LogP contribution in [-0.4, -0.2) is 18.5 Å². The zero-order chi connectivity index (χ0) is 16.3. The normalized spacial score (nSPS) is 10.8. The standard InChI is InChI=1S/C21H38P.CH4.ClH/c1-5-9-16-22(17-10-6-2,18-11-7-3)19-21-14-12-20(8-4)13-15-21;;/h12-15H,5-11,16-19H2,1-4H3;1H4;1H/q+1;;. The van der Waals surface area contributed by atoms with Crippen molar-refractivity contribution in [2.75, 3.05) is 18.5 Å². The summed E-state index contributed by atoms with van der Waals surface area (Å²) in [7, 11) is -0.791. The summed E-state index contributed by atoms with van der Waals surface area (Å²) in [5.74, 6) is 0. The Hall–Kier alpha value is -0.0600. The maximum atomic E-state index is 2.41. The third-order valence-corrected chi connectivity index (χ3v) is 9.74. The maximum Gasteiger partial charge on any atom is 0.0842 e. The summed E-state index contributed by atoms with van der Waals surface area (Å²) in [6, 6.07) is 9.53. The van der Waals surface area contributed by atoms with Crippen molar-refractivity contribution in [1.29, 1.82) is 0 Å². The highest BCUT2D eigenvalue weighted by atomic mass is 35.5. The van der Waals surface area contributed by atoms with Gasteiger partial charge in [0.25, 0.3) is 0 Å². The molecule has 0 bridgehead atoms. The van der Waals surface area contributed by atoms with Crippen molar-refractivity contribution in [3.8, 4) is 0 Å². The second-order valence-corrected chi connectivity index (χ2v) is 11.2. The number of hydrogen-bond acceptors (Lipinski definition) is 0. The zero-order valence-corrected chi connectivity index (χ0v) is 17.7. The van der Waals surface area contributed by atoms with Crippen LogP contribution < -0.4 is 0 Å². The van der Waals surface area contributed by atoms with Gasteiger partial charge < -0.3 is 0 Å². The first kappa shape index (κ1) is 26.2. The molecule has 0 atom stereocenters. The summed E-state index contributed by atoms with van der Waals surface area (Å²) in [6.07, 6.45) is 15.5. The fraction of sp³-hybridized carbons (Fsp3) is 0.727. The Morgan fingerprint density at radius 1 is 0.667 bits per heavy atom. The molecule has 1 rings (SSSR count). The largest absolute Gasteiger partial charge is 0.147 e. The van der Waals surface area contributed by atoms with Gasteiger partial charge in [0.05, 0.1) is 24.6 Å². The molecular weight excluding hydrogens is 331 g/mol. The summed E-state index contributed by atoms with van der Waals surface area (Å²) in [5.41, 5.74) is 3.08. The molecule has 0 aliphatic heterocycles. The zero-order valence-electron chi connectivity index (χ0n) is 15.9. The van der Waals surface area contributed by atoms with E-state index in [2.05, 4.69) is 52.0 Å². The van der Waals surface area contributed by atoms with Crippen LogP contribution in [0.5, 0.6) is 0 Å². The van der Waals surface area contributed by atoms with E-state index in [0.717, 1.165) is 6.42 Å². The van der Waals surface area contributed by atoms with Crippen LogP contribution in [0, 0.1) is 0 Å². The Morgan fingerprint density at radius 3 is 1.38 bits per heavy atom. The molecule has 0 radical (unpaired) electrons. The molecule has 0 saturated heterocycles. The van der Waals surface area contributed by atoms with E-state index in [4.69, 9.17) is 0 Å². The first-order valence-corrected chi connectivity index (χ1v) is 12.2. The maximum absolute atomic E-state index is 2.41. The van der Waals surface area contributed by atoms with Gasteiger partial charge in [-0.3, -0.25) is 0 Å². The van der Waals surface area contributed by atoms with Crippen molar-refractivity contribution in [2.45, 2.75) is 86.2 Å². The van der Waals surface area contributed by atoms with Crippen molar-refractivity contribution in [2.24, 2.45) is 0 Å². The molecule has 142 valence electrons. The minimum absolute atomic E-state index is 0. The topological polar surface area (TPSA) is 0 Å². The van der Waals surface area contributed by atoms with E-state index in [9.17, 15) is 0 Å². The average molecular weight is 374 g/mol. The number of hydrogen-bond donors (Lipinski definition) is 0. The molecule has 0 amide bonds. The fourth-order valence-corrected chi connectivity index (χ4v) is 8.41. The number of halogens is 1. The van der Waals surface area contributed by atoms with Crippen LogP contribution in [0.1, 0.15) is 84.8 Å². The SMILES string of the molecule is C.CCCC[P+](CCCC)(CCCC)Cc1ccc(CC)cc1.Cl. The van der Waals surface area contributed by atoms with E-state index in [0.29, 0.717) is 0 Å². The third kappa shape index (κ3) is 9.43. The Balaban J connectivity index is 0. The Morgan fingerprint density at radius 2 is 1.04 bits per heavy atom. The second-order valence-electron chi connectivity index (χ2n) is 6.90. The van der Waals surface area contributed by atoms with Gasteiger partial charge in [-0.2, -0.15) is 0 Å². The summed E-state index contributed by atoms with van der Waals surface area (Å²) in [5, 5.41) is 0. The van der Waals surface area contributed by atoms with Gasteiger partial charge in [0.1, 0.15) is 0 Å². The lowest BCUT2D eigenvalue weighted by Crippen LogP contribution is -2.11. The molecule has 0 N–H and O–H groups in total. The third-order valence-electron chi connectivity index (χ3n) is 4.91. The minimum atomic E-state index is -0.791. The molecule has 2 heteroatoms. The lowest BCUT2D eigenvalue weighted by atomic mass is 10.1. The smallest absolute Gasteiger partial charge is 0.0842 e. The van der Waals surface area contributed by atoms with E-state index in [1.807, 2.05) is 0 Å². The van der Waals surface area contributed by atoms with E-state index >= 15 is 0 Å². The van der Waals surface area contributed by atoms with Gasteiger partial charge in [-0.25, -0.2) is 0 Å². The van der Waals surface area contributed by atoms with E-state index in [1.54, 1.807) is 5.56 Å². The summed E-state index contributed by atoms with van der Waals surface area (Å²) in [4.78, 5) is 0. The highest BCUT2D eigenvalue weighted by molar-refractivity contribution is 7.75. The van der Waals surface area contributed by atoms with E-state index in [1.165, 1.54) is 68.7 Å². The molecule has 0 heterocycles. The number of unbranched alkanes of at least 4 members (excludes halogenated alkanes) is 3. The number of benzene rings is 1. The van der Waals surface area contributed by atoms with Crippen molar-refractivity contribution < 1.29 is 0 Å². The van der Waals surface area contributed by atoms with Crippen LogP contribution in [-0.2, 0) is 12.6 Å². The van der Waals surface area contributed by atoms with E-state index in [-0.39, 0.29) is 19.8 Å². The molecule has 0 aromatic heterocycles. The second kappa shape index (κ2) is 15.2. The molecule has 0 saturated carbocycles. The van der Waals surface area contributed by atoms with E-state index < -0.39 is 7.26 Å². The van der Waals surface area contributed by atoms with Gasteiger partial charge in [-0.1, -0.05) is 78.6 Å². The lowest BCUT2D eigenvalue weighted by Gasteiger charge is -2.28. The fourth-order valence-electron chi connectivity index (χ4n) is 3.32. The highest BCUT2D eigenvalue weighted by Crippen LogP contribution is 2.63. The molecule has 24 heavy (non-hydrogen) atoms. The van der Waals surface area contributed by atoms with Crippen LogP contribution >= 0.6 is 19.7 Å². The Labute approximate surface area is 160 Å². The van der Waals surface area contributed by atoms with Crippen LogP contribution in [0.15, 0.2) is 24.3 Å². The number of rotatable bonds is 12. The monoisotopic (exact) mass is 373 g/mol. The molecule has 0 aliphatic carbocycles. The van der Waals surface area contributed by atoms with Crippen molar-refractivity contribution >= 4 is 19.7 Å². The first-order valence-electron chi connectivity index (χ1n) is 9.62. The summed E-state index contributed by atoms with van der Waals surface area (Å²) >= 11 is 0. The van der Waals surface area contributed by atoms with Crippen LogP contribution in [0.4, 0.5) is 0 Å². The predicted molar refractivity (Wildman–Crippen MR) is 120 cm³/mol. The van der Waals surface area contributed by atoms with Gasteiger partial charge in [-0.05, 0) is 36.8 Å². The van der Waals surface area contributed by atoms with Gasteiger partial charge >= 0.3 is 0 Å². The Kier molecular flexibility index (Phi) is 16.6. The summed E-state index contributed by atoms with van der Waals surface area (Å²) in [6.45, 7) is 9.30. The van der Waals surface area contributed by atoms with Crippen molar-refractivity contribution in [3.63, 3.8) is 0 Å². The van der Waals surface area contributed by atoms with Crippen LogP contribution in [0.2, 0.25) is 0 Å². The van der Waals surface area contributed by atoms with Crippen molar-refractivity contribution in [1.82, 2.24) is 0 Å². The molecule has 1 aromatic carbocycles. The first-order chi connectivity index (χ1) is 10.7. The molecule has 0 spiro atoms. The van der Waals surface area contributed by atoms with Crippen molar-refractivity contribution in [3.05, 3.63) is 35.4 Å². The van der Waals surface area contributed by atoms with Crippen LogP contribution in [0.25, 0.3) is 0 Å². The minimum Gasteiger partial charge on any atom is -0.147 e. The molecule has 0 fully saturated rings. The van der Waals surface area contributed by atoms with Gasteiger partial charge in [-0.15, -0.1) is 12.4 Å². The molecule has 0 nitrogen and oxygen atoms in total. The predicted octanol–water partition coefficient (Wildman–Crippen LogP) is 8.22. The highest BCUT2D eigenvalue weighted by Gasteiger charge is 2.35. The summed E-state index contributed by atoms with van der Waals surface area (Å²) < 4.78 is 0. The number of aryl methyl sites for hydroxylation is 1. The van der Waals surface area contributed by atoms with Gasteiger partial charge in [0, 0.05) is 7.26 Å². The average Bonchev–Trinajstić information content (AvgIpc) is 2.56. The van der Waals surface area contributed by atoms with Gasteiger partial charge in [0.15, 0.2) is 0 Å². The quantitative estimate of drug-likeness (QED) is 0.323. The molecular formula is C22H43ClP+. The molecule has 1 aromatic rings. The van der Waals surface area contributed by atoms with Gasteiger partial charge in [0.2, 0.25) is 0 Å². The molecule has 0 unspecified atom stereocenters. The Bertz CT molecular complexity index is 364. The van der Waals surface area contributed by atoms with Crippen LogP contribution in [0.3, 0.4) is 0 Å².